The second kappa shape index (κ2) is 9.47. The summed E-state index contributed by atoms with van der Waals surface area (Å²) in [6, 6.07) is 3.81. The number of urea groups is 1. The number of hydrogen-bond acceptors (Lipinski definition) is 4. The first kappa shape index (κ1) is 18.5. The van der Waals surface area contributed by atoms with Crippen LogP contribution in [0.2, 0.25) is 0 Å². The van der Waals surface area contributed by atoms with Crippen LogP contribution >= 0.6 is 0 Å². The minimum Gasteiger partial charge on any atom is -0.393 e. The monoisotopic (exact) mass is 334 g/mol. The molecule has 24 heavy (non-hydrogen) atoms. The number of nitrogens with zero attached hydrogens (tertiary/aromatic N) is 2. The Morgan fingerprint density at radius 2 is 2.04 bits per heavy atom. The predicted octanol–water partition coefficient (Wildman–Crippen LogP) is 2.28. The highest BCUT2D eigenvalue weighted by molar-refractivity contribution is 5.73. The number of amides is 2. The fourth-order valence-corrected chi connectivity index (χ4v) is 3.04. The van der Waals surface area contributed by atoms with Crippen LogP contribution in [-0.4, -0.2) is 41.9 Å². The van der Waals surface area contributed by atoms with Crippen molar-refractivity contribution in [2.75, 3.05) is 24.5 Å². The fourth-order valence-electron chi connectivity index (χ4n) is 3.04. The average molecular weight is 334 g/mol. The zero-order valence-corrected chi connectivity index (χ0v) is 14.8. The maximum absolute atomic E-state index is 11.9. The number of aliphatic hydroxyl groups is 1. The summed E-state index contributed by atoms with van der Waals surface area (Å²) in [5, 5.41) is 15.1. The van der Waals surface area contributed by atoms with E-state index in [1.807, 2.05) is 19.2 Å². The van der Waals surface area contributed by atoms with Gasteiger partial charge in [-0.2, -0.15) is 0 Å². The van der Waals surface area contributed by atoms with Gasteiger partial charge in [-0.1, -0.05) is 6.92 Å². The minimum absolute atomic E-state index is 0.177. The number of anilines is 1. The summed E-state index contributed by atoms with van der Waals surface area (Å²) in [5.41, 5.74) is 1.05. The molecule has 1 aliphatic heterocycles. The molecule has 2 heterocycles. The Morgan fingerprint density at radius 1 is 1.29 bits per heavy atom. The molecule has 0 saturated carbocycles. The molecule has 0 spiro atoms. The van der Waals surface area contributed by atoms with Crippen LogP contribution in [0.15, 0.2) is 18.3 Å². The molecule has 0 radical (unpaired) electrons. The zero-order chi connectivity index (χ0) is 17.4. The third-order valence-corrected chi connectivity index (χ3v) is 4.30. The molecule has 2 rings (SSSR count). The van der Waals surface area contributed by atoms with Gasteiger partial charge in [0.1, 0.15) is 5.82 Å². The Kier molecular flexibility index (Phi) is 7.31. The molecule has 6 heteroatoms. The summed E-state index contributed by atoms with van der Waals surface area (Å²) >= 11 is 0. The molecule has 0 bridgehead atoms. The Hall–Kier alpha value is -1.82. The number of rotatable bonds is 7. The number of carbonyl (C=O) groups excluding carboxylic acids is 1. The van der Waals surface area contributed by atoms with Gasteiger partial charge in [0.25, 0.3) is 0 Å². The molecule has 1 fully saturated rings. The summed E-state index contributed by atoms with van der Waals surface area (Å²) in [5.74, 6) is 1.25. The van der Waals surface area contributed by atoms with Gasteiger partial charge in [-0.3, -0.25) is 0 Å². The largest absolute Gasteiger partial charge is 0.393 e. The van der Waals surface area contributed by atoms with Crippen molar-refractivity contribution in [3.63, 3.8) is 0 Å². The van der Waals surface area contributed by atoms with Crippen molar-refractivity contribution in [2.24, 2.45) is 5.92 Å². The summed E-state index contributed by atoms with van der Waals surface area (Å²) < 4.78 is 0. The first-order valence-electron chi connectivity index (χ1n) is 8.94. The topological polar surface area (TPSA) is 77.5 Å². The maximum Gasteiger partial charge on any atom is 0.315 e. The second-order valence-electron chi connectivity index (χ2n) is 6.82. The smallest absolute Gasteiger partial charge is 0.315 e. The molecule has 2 amide bonds. The molecule has 2 unspecified atom stereocenters. The van der Waals surface area contributed by atoms with Gasteiger partial charge in [-0.25, -0.2) is 9.78 Å². The SMILES string of the molecule is CC(O)CC(C)CNC(=O)NCc1ccnc(N2CCCCC2)c1. The first-order valence-corrected chi connectivity index (χ1v) is 8.94. The van der Waals surface area contributed by atoms with Crippen LogP contribution in [0.4, 0.5) is 10.6 Å². The summed E-state index contributed by atoms with van der Waals surface area (Å²) in [4.78, 5) is 18.6. The van der Waals surface area contributed by atoms with Crippen molar-refractivity contribution in [1.82, 2.24) is 15.6 Å². The number of piperidine rings is 1. The molecule has 1 aliphatic rings. The van der Waals surface area contributed by atoms with Gasteiger partial charge in [0.2, 0.25) is 0 Å². The summed E-state index contributed by atoms with van der Waals surface area (Å²) in [7, 11) is 0. The van der Waals surface area contributed by atoms with E-state index < -0.39 is 0 Å². The number of carbonyl (C=O) groups is 1. The highest BCUT2D eigenvalue weighted by Crippen LogP contribution is 2.18. The van der Waals surface area contributed by atoms with Crippen LogP contribution < -0.4 is 15.5 Å². The van der Waals surface area contributed by atoms with Gasteiger partial charge in [-0.15, -0.1) is 0 Å². The van der Waals surface area contributed by atoms with Gasteiger partial charge >= 0.3 is 6.03 Å². The molecule has 1 aromatic rings. The van der Waals surface area contributed by atoms with Gasteiger partial charge in [0.15, 0.2) is 0 Å². The lowest BCUT2D eigenvalue weighted by atomic mass is 10.1. The van der Waals surface area contributed by atoms with E-state index in [2.05, 4.69) is 26.6 Å². The molecule has 134 valence electrons. The van der Waals surface area contributed by atoms with E-state index in [9.17, 15) is 9.90 Å². The quantitative estimate of drug-likeness (QED) is 0.715. The number of aromatic nitrogens is 1. The van der Waals surface area contributed by atoms with Gasteiger partial charge in [0.05, 0.1) is 6.10 Å². The van der Waals surface area contributed by atoms with E-state index >= 15 is 0 Å². The van der Waals surface area contributed by atoms with Crippen LogP contribution in [0.1, 0.15) is 45.1 Å². The Labute approximate surface area is 144 Å². The van der Waals surface area contributed by atoms with Crippen LogP contribution in [0.5, 0.6) is 0 Å². The minimum atomic E-state index is -0.338. The molecule has 3 N–H and O–H groups in total. The lowest BCUT2D eigenvalue weighted by molar-refractivity contribution is 0.163. The molecular formula is C18H30N4O2. The lowest BCUT2D eigenvalue weighted by Crippen LogP contribution is -2.38. The molecule has 0 aromatic carbocycles. The summed E-state index contributed by atoms with van der Waals surface area (Å²) in [6.07, 6.45) is 5.89. The van der Waals surface area contributed by atoms with Gasteiger partial charge < -0.3 is 20.6 Å². The van der Waals surface area contributed by atoms with Crippen molar-refractivity contribution in [2.45, 2.75) is 52.2 Å². The zero-order valence-electron chi connectivity index (χ0n) is 14.8. The molecule has 1 aromatic heterocycles. The Balaban J connectivity index is 1.76. The average Bonchev–Trinajstić information content (AvgIpc) is 2.58. The second-order valence-corrected chi connectivity index (χ2v) is 6.82. The van der Waals surface area contributed by atoms with Gasteiger partial charge in [-0.05, 0) is 56.2 Å². The van der Waals surface area contributed by atoms with Crippen LogP contribution in [-0.2, 0) is 6.54 Å². The standard InChI is InChI=1S/C18H30N4O2/c1-14(10-15(2)23)12-20-18(24)21-13-16-6-7-19-17(11-16)22-8-4-3-5-9-22/h6-7,11,14-15,23H,3-5,8-10,12-13H2,1-2H3,(H2,20,21,24). The van der Waals surface area contributed by atoms with Crippen LogP contribution in [0, 0.1) is 5.92 Å². The maximum atomic E-state index is 11.9. The number of aliphatic hydroxyl groups excluding tert-OH is 1. The number of pyridine rings is 1. The lowest BCUT2D eigenvalue weighted by Gasteiger charge is -2.27. The number of hydrogen-bond donors (Lipinski definition) is 3. The van der Waals surface area contributed by atoms with Crippen molar-refractivity contribution >= 4 is 11.8 Å². The third kappa shape index (κ3) is 6.35. The molecule has 1 saturated heterocycles. The Morgan fingerprint density at radius 3 is 2.75 bits per heavy atom. The van der Waals surface area contributed by atoms with Crippen LogP contribution in [0.25, 0.3) is 0 Å². The highest BCUT2D eigenvalue weighted by Gasteiger charge is 2.12. The normalized spacial score (nSPS) is 17.2. The van der Waals surface area contributed by atoms with E-state index in [-0.39, 0.29) is 18.1 Å². The molecule has 0 aliphatic carbocycles. The van der Waals surface area contributed by atoms with E-state index in [4.69, 9.17) is 0 Å². The van der Waals surface area contributed by atoms with Crippen LogP contribution in [0.3, 0.4) is 0 Å². The third-order valence-electron chi connectivity index (χ3n) is 4.30. The van der Waals surface area contributed by atoms with Gasteiger partial charge in [0, 0.05) is 32.4 Å². The van der Waals surface area contributed by atoms with E-state index in [0.29, 0.717) is 19.5 Å². The van der Waals surface area contributed by atoms with E-state index in [1.165, 1.54) is 19.3 Å². The predicted molar refractivity (Wildman–Crippen MR) is 96.0 cm³/mol. The molecule has 6 nitrogen and oxygen atoms in total. The van der Waals surface area contributed by atoms with Crippen molar-refractivity contribution in [1.29, 1.82) is 0 Å². The van der Waals surface area contributed by atoms with Crippen molar-refractivity contribution in [3.8, 4) is 0 Å². The summed E-state index contributed by atoms with van der Waals surface area (Å²) in [6.45, 7) is 6.95. The van der Waals surface area contributed by atoms with Crippen molar-refractivity contribution < 1.29 is 9.90 Å². The first-order chi connectivity index (χ1) is 11.5. The number of nitrogens with one attached hydrogen (secondary N) is 2. The molecular weight excluding hydrogens is 304 g/mol. The Bertz CT molecular complexity index is 515. The molecule has 2 atom stereocenters. The highest BCUT2D eigenvalue weighted by atomic mass is 16.3. The van der Waals surface area contributed by atoms with E-state index in [0.717, 1.165) is 24.5 Å². The van der Waals surface area contributed by atoms with E-state index in [1.54, 1.807) is 6.92 Å². The van der Waals surface area contributed by atoms with Crippen molar-refractivity contribution in [3.05, 3.63) is 23.9 Å². The fraction of sp³-hybridized carbons (Fsp3) is 0.667.